The van der Waals surface area contributed by atoms with Crippen LogP contribution in [0.1, 0.15) is 24.0 Å². The Morgan fingerprint density at radius 2 is 1.86 bits per heavy atom. The van der Waals surface area contributed by atoms with Gasteiger partial charge in [0, 0.05) is 18.8 Å². The highest BCUT2D eigenvalue weighted by molar-refractivity contribution is 5.89. The van der Waals surface area contributed by atoms with Crippen LogP contribution in [-0.2, 0) is 0 Å². The van der Waals surface area contributed by atoms with Crippen LogP contribution in [-0.4, -0.2) is 30.2 Å². The van der Waals surface area contributed by atoms with E-state index in [1.54, 1.807) is 12.1 Å². The highest BCUT2D eigenvalue weighted by Crippen LogP contribution is 2.33. The number of benzene rings is 1. The zero-order valence-electron chi connectivity index (χ0n) is 12.1. The average Bonchev–Trinajstić information content (AvgIpc) is 2.36. The minimum Gasteiger partial charge on any atom is -0.324 e. The van der Waals surface area contributed by atoms with Crippen LogP contribution >= 0.6 is 0 Å². The molecule has 21 heavy (non-hydrogen) atoms. The smallest absolute Gasteiger partial charge is 0.324 e. The van der Waals surface area contributed by atoms with E-state index in [0.29, 0.717) is 18.7 Å². The van der Waals surface area contributed by atoms with Crippen molar-refractivity contribution in [2.24, 2.45) is 5.92 Å². The monoisotopic (exact) mass is 300 g/mol. The van der Waals surface area contributed by atoms with Crippen molar-refractivity contribution in [3.8, 4) is 0 Å². The van der Waals surface area contributed by atoms with E-state index >= 15 is 0 Å². The van der Waals surface area contributed by atoms with Gasteiger partial charge in [-0.3, -0.25) is 0 Å². The molecule has 1 aromatic rings. The summed E-state index contributed by atoms with van der Waals surface area (Å²) in [5.41, 5.74) is 2.61. The van der Waals surface area contributed by atoms with Crippen molar-refractivity contribution < 1.29 is 18.0 Å². The van der Waals surface area contributed by atoms with Crippen LogP contribution in [0, 0.1) is 19.8 Å². The number of carbonyl (C=O) groups is 1. The number of halogens is 3. The minimum atomic E-state index is -4.24. The van der Waals surface area contributed by atoms with Crippen LogP contribution in [0.15, 0.2) is 18.2 Å². The number of hydrogen-bond acceptors (Lipinski definition) is 1. The summed E-state index contributed by atoms with van der Waals surface area (Å²) in [6, 6.07) is 5.11. The van der Waals surface area contributed by atoms with Crippen LogP contribution in [0.3, 0.4) is 0 Å². The first-order chi connectivity index (χ1) is 9.75. The number of nitrogens with zero attached hydrogens (tertiary/aromatic N) is 1. The van der Waals surface area contributed by atoms with E-state index in [9.17, 15) is 18.0 Å². The van der Waals surface area contributed by atoms with E-state index in [0.717, 1.165) is 11.1 Å². The summed E-state index contributed by atoms with van der Waals surface area (Å²) in [4.78, 5) is 13.4. The van der Waals surface area contributed by atoms with Gasteiger partial charge in [-0.1, -0.05) is 6.07 Å². The lowest BCUT2D eigenvalue weighted by atomic mass is 9.98. The third-order valence-electron chi connectivity index (χ3n) is 3.64. The highest BCUT2D eigenvalue weighted by Gasteiger charge is 2.42. The molecule has 1 aromatic carbocycles. The van der Waals surface area contributed by atoms with Gasteiger partial charge in [0.05, 0.1) is 5.92 Å². The maximum Gasteiger partial charge on any atom is 0.393 e. The molecule has 1 atom stereocenters. The molecule has 2 rings (SSSR count). The second-order valence-electron chi connectivity index (χ2n) is 5.63. The molecule has 1 aliphatic heterocycles. The van der Waals surface area contributed by atoms with E-state index in [1.165, 1.54) is 4.90 Å². The zero-order chi connectivity index (χ0) is 15.6. The van der Waals surface area contributed by atoms with Crippen LogP contribution in [0.2, 0.25) is 0 Å². The predicted molar refractivity (Wildman–Crippen MR) is 75.3 cm³/mol. The predicted octanol–water partition coefficient (Wildman–Crippen LogP) is 4.11. The number of anilines is 1. The fourth-order valence-electron chi connectivity index (χ4n) is 2.68. The molecular formula is C15H19F3N2O. The van der Waals surface area contributed by atoms with Gasteiger partial charge in [-0.2, -0.15) is 13.2 Å². The molecule has 0 radical (unpaired) electrons. The Labute approximate surface area is 122 Å². The summed E-state index contributed by atoms with van der Waals surface area (Å²) < 4.78 is 38.3. The van der Waals surface area contributed by atoms with E-state index in [1.807, 2.05) is 19.9 Å². The summed E-state index contributed by atoms with van der Waals surface area (Å²) >= 11 is 0. The quantitative estimate of drug-likeness (QED) is 0.831. The largest absolute Gasteiger partial charge is 0.393 e. The van der Waals surface area contributed by atoms with Gasteiger partial charge in [0.2, 0.25) is 0 Å². The Hall–Kier alpha value is -1.72. The van der Waals surface area contributed by atoms with Gasteiger partial charge in [0.15, 0.2) is 0 Å². The first kappa shape index (κ1) is 15.7. The highest BCUT2D eigenvalue weighted by atomic mass is 19.4. The molecule has 116 valence electrons. The molecule has 1 fully saturated rings. The lowest BCUT2D eigenvalue weighted by Crippen LogP contribution is -2.46. The van der Waals surface area contributed by atoms with E-state index in [-0.39, 0.29) is 13.0 Å². The van der Waals surface area contributed by atoms with Crippen molar-refractivity contribution in [2.45, 2.75) is 32.9 Å². The van der Waals surface area contributed by atoms with E-state index in [4.69, 9.17) is 0 Å². The van der Waals surface area contributed by atoms with Gasteiger partial charge in [0.1, 0.15) is 0 Å². The third kappa shape index (κ3) is 4.12. The molecule has 1 aliphatic rings. The van der Waals surface area contributed by atoms with Gasteiger partial charge in [-0.25, -0.2) is 4.79 Å². The molecule has 0 aliphatic carbocycles. The van der Waals surface area contributed by atoms with Gasteiger partial charge >= 0.3 is 12.2 Å². The van der Waals surface area contributed by atoms with Crippen LogP contribution in [0.25, 0.3) is 0 Å². The Kier molecular flexibility index (Phi) is 4.44. The number of likely N-dealkylation sites (tertiary alicyclic amines) is 1. The fraction of sp³-hybridized carbons (Fsp3) is 0.533. The molecule has 1 heterocycles. The summed E-state index contributed by atoms with van der Waals surface area (Å²) in [5.74, 6) is -1.42. The average molecular weight is 300 g/mol. The first-order valence-corrected chi connectivity index (χ1v) is 6.96. The standard InChI is InChI=1S/C15H19F3N2O/c1-10-6-11(2)8-13(7-10)19-14(21)20-5-3-4-12(9-20)15(16,17)18/h6-8,12H,3-5,9H2,1-2H3,(H,19,21)/t12-/m0/s1. The van der Waals surface area contributed by atoms with Crippen molar-refractivity contribution in [3.63, 3.8) is 0 Å². The van der Waals surface area contributed by atoms with Crippen molar-refractivity contribution in [2.75, 3.05) is 18.4 Å². The zero-order valence-corrected chi connectivity index (χ0v) is 12.1. The second kappa shape index (κ2) is 5.95. The number of rotatable bonds is 1. The molecule has 0 unspecified atom stereocenters. The van der Waals surface area contributed by atoms with E-state index in [2.05, 4.69) is 5.32 Å². The van der Waals surface area contributed by atoms with E-state index < -0.39 is 18.1 Å². The van der Waals surface area contributed by atoms with Crippen molar-refractivity contribution in [3.05, 3.63) is 29.3 Å². The van der Waals surface area contributed by atoms with Crippen LogP contribution in [0.4, 0.5) is 23.7 Å². The Bertz CT molecular complexity index is 508. The first-order valence-electron chi connectivity index (χ1n) is 6.96. The molecule has 1 N–H and O–H groups in total. The van der Waals surface area contributed by atoms with Crippen molar-refractivity contribution in [1.82, 2.24) is 4.90 Å². The Morgan fingerprint density at radius 1 is 1.24 bits per heavy atom. The SMILES string of the molecule is Cc1cc(C)cc(NC(=O)N2CCC[C@H](C(F)(F)F)C2)c1. The molecule has 2 amide bonds. The molecule has 3 nitrogen and oxygen atoms in total. The van der Waals surface area contributed by atoms with Gasteiger partial charge < -0.3 is 10.2 Å². The lowest BCUT2D eigenvalue weighted by molar-refractivity contribution is -0.183. The second-order valence-corrected chi connectivity index (χ2v) is 5.63. The number of hydrogen-bond donors (Lipinski definition) is 1. The number of carbonyl (C=O) groups excluding carboxylic acids is 1. The molecule has 0 bridgehead atoms. The molecule has 0 spiro atoms. The van der Waals surface area contributed by atoms with Crippen molar-refractivity contribution >= 4 is 11.7 Å². The topological polar surface area (TPSA) is 32.3 Å². The normalized spacial score (nSPS) is 19.5. The number of aryl methyl sites for hydroxylation is 2. The molecule has 0 aromatic heterocycles. The Morgan fingerprint density at radius 3 is 2.43 bits per heavy atom. The van der Waals surface area contributed by atoms with Gasteiger partial charge in [-0.15, -0.1) is 0 Å². The number of piperidine rings is 1. The maximum absolute atomic E-state index is 12.8. The Balaban J connectivity index is 2.03. The summed E-state index contributed by atoms with van der Waals surface area (Å²) in [5, 5.41) is 2.68. The summed E-state index contributed by atoms with van der Waals surface area (Å²) in [6.07, 6.45) is -3.76. The van der Waals surface area contributed by atoms with Crippen LogP contribution < -0.4 is 5.32 Å². The number of urea groups is 1. The summed E-state index contributed by atoms with van der Waals surface area (Å²) in [7, 11) is 0. The number of amides is 2. The molecule has 6 heteroatoms. The minimum absolute atomic E-state index is 0.0941. The fourth-order valence-corrected chi connectivity index (χ4v) is 2.68. The summed E-state index contributed by atoms with van der Waals surface area (Å²) in [6.45, 7) is 3.91. The number of alkyl halides is 3. The molecule has 1 saturated heterocycles. The third-order valence-corrected chi connectivity index (χ3v) is 3.64. The molecule has 0 saturated carbocycles. The van der Waals surface area contributed by atoms with Crippen LogP contribution in [0.5, 0.6) is 0 Å². The lowest BCUT2D eigenvalue weighted by Gasteiger charge is -2.33. The molecular weight excluding hydrogens is 281 g/mol. The number of nitrogens with one attached hydrogen (secondary N) is 1. The van der Waals surface area contributed by atoms with Gasteiger partial charge in [0.25, 0.3) is 0 Å². The van der Waals surface area contributed by atoms with Crippen molar-refractivity contribution in [1.29, 1.82) is 0 Å². The van der Waals surface area contributed by atoms with Gasteiger partial charge in [-0.05, 0) is 49.9 Å². The maximum atomic E-state index is 12.8.